The van der Waals surface area contributed by atoms with Gasteiger partial charge in [0, 0.05) is 31.6 Å². The Hall–Kier alpha value is -0.960. The van der Waals surface area contributed by atoms with Crippen LogP contribution in [0.15, 0.2) is 11.4 Å². The highest BCUT2D eigenvalue weighted by molar-refractivity contribution is 7.86. The van der Waals surface area contributed by atoms with Crippen LogP contribution in [-0.4, -0.2) is 50.2 Å². The number of hydrogen-bond donors (Lipinski definition) is 0. The van der Waals surface area contributed by atoms with E-state index in [0.29, 0.717) is 13.1 Å². The highest BCUT2D eigenvalue weighted by Gasteiger charge is 2.30. The van der Waals surface area contributed by atoms with E-state index in [4.69, 9.17) is 0 Å². The van der Waals surface area contributed by atoms with Crippen LogP contribution >= 0.6 is 11.3 Å². The second-order valence-electron chi connectivity index (χ2n) is 4.61. The molecule has 0 fully saturated rings. The molecule has 8 heteroatoms. The highest BCUT2D eigenvalue weighted by Crippen LogP contribution is 2.26. The highest BCUT2D eigenvalue weighted by atomic mass is 32.2. The predicted molar refractivity (Wildman–Crippen MR) is 76.6 cm³/mol. The van der Waals surface area contributed by atoms with Crippen molar-refractivity contribution in [3.8, 4) is 0 Å². The first-order valence-corrected chi connectivity index (χ1v) is 8.56. The van der Waals surface area contributed by atoms with Gasteiger partial charge >= 0.3 is 5.97 Å². The van der Waals surface area contributed by atoms with Gasteiger partial charge < -0.3 is 4.74 Å². The number of carbonyl (C=O) groups is 1. The van der Waals surface area contributed by atoms with Gasteiger partial charge in [0.1, 0.15) is 0 Å². The summed E-state index contributed by atoms with van der Waals surface area (Å²) < 4.78 is 32.0. The van der Waals surface area contributed by atoms with E-state index < -0.39 is 16.2 Å². The summed E-state index contributed by atoms with van der Waals surface area (Å²) in [4.78, 5) is 12.4. The van der Waals surface area contributed by atoms with Crippen LogP contribution in [0.25, 0.3) is 0 Å². The molecule has 112 valence electrons. The van der Waals surface area contributed by atoms with Gasteiger partial charge in [-0.15, -0.1) is 11.3 Å². The van der Waals surface area contributed by atoms with Crippen LogP contribution in [0.2, 0.25) is 0 Å². The van der Waals surface area contributed by atoms with Crippen LogP contribution < -0.4 is 0 Å². The van der Waals surface area contributed by atoms with Crippen molar-refractivity contribution in [3.05, 3.63) is 21.9 Å². The third kappa shape index (κ3) is 3.20. The Kier molecular flexibility index (Phi) is 4.79. The van der Waals surface area contributed by atoms with Crippen LogP contribution in [0.4, 0.5) is 0 Å². The maximum atomic E-state index is 12.4. The number of ether oxygens (including phenoxy) is 1. The van der Waals surface area contributed by atoms with E-state index in [2.05, 4.69) is 4.74 Å². The molecule has 0 saturated heterocycles. The number of esters is 1. The van der Waals surface area contributed by atoms with Gasteiger partial charge in [0.25, 0.3) is 10.2 Å². The molecule has 1 aliphatic rings. The standard InChI is InChI=1S/C12H18N2O4S2/c1-13(6-4-12(15)18-2)20(16,17)14-7-3-11-10(9-14)5-8-19-11/h5,8H,3-4,6-7,9H2,1-2H3. The maximum Gasteiger partial charge on any atom is 0.306 e. The van der Waals surface area contributed by atoms with Gasteiger partial charge in [-0.3, -0.25) is 4.79 Å². The summed E-state index contributed by atoms with van der Waals surface area (Å²) in [7, 11) is -0.744. The Morgan fingerprint density at radius 1 is 1.55 bits per heavy atom. The van der Waals surface area contributed by atoms with Crippen molar-refractivity contribution in [1.29, 1.82) is 0 Å². The second kappa shape index (κ2) is 6.21. The second-order valence-corrected chi connectivity index (χ2v) is 7.64. The number of carbonyl (C=O) groups excluding carboxylic acids is 1. The van der Waals surface area contributed by atoms with Crippen molar-refractivity contribution in [1.82, 2.24) is 8.61 Å². The molecule has 1 aromatic rings. The molecule has 0 bridgehead atoms. The van der Waals surface area contributed by atoms with Gasteiger partial charge in [-0.1, -0.05) is 0 Å². The molecule has 1 aliphatic heterocycles. The topological polar surface area (TPSA) is 66.9 Å². The molecule has 6 nitrogen and oxygen atoms in total. The Labute approximate surface area is 123 Å². The van der Waals surface area contributed by atoms with Gasteiger partial charge in [0.05, 0.1) is 13.5 Å². The molecular formula is C12H18N2O4S2. The van der Waals surface area contributed by atoms with E-state index in [1.165, 1.54) is 27.6 Å². The molecule has 0 saturated carbocycles. The van der Waals surface area contributed by atoms with Crippen molar-refractivity contribution in [2.24, 2.45) is 0 Å². The van der Waals surface area contributed by atoms with Gasteiger partial charge in [-0.05, 0) is 23.4 Å². The minimum Gasteiger partial charge on any atom is -0.469 e. The Balaban J connectivity index is 2.02. The van der Waals surface area contributed by atoms with Crippen molar-refractivity contribution < 1.29 is 17.9 Å². The monoisotopic (exact) mass is 318 g/mol. The van der Waals surface area contributed by atoms with Crippen LogP contribution in [0.3, 0.4) is 0 Å². The molecule has 20 heavy (non-hydrogen) atoms. The Bertz CT molecular complexity index is 582. The van der Waals surface area contributed by atoms with Crippen LogP contribution in [0.5, 0.6) is 0 Å². The average molecular weight is 318 g/mol. The van der Waals surface area contributed by atoms with E-state index >= 15 is 0 Å². The van der Waals surface area contributed by atoms with Crippen LogP contribution in [0, 0.1) is 0 Å². The Morgan fingerprint density at radius 3 is 3.00 bits per heavy atom. The molecule has 0 atom stereocenters. The van der Waals surface area contributed by atoms with Crippen molar-refractivity contribution in [2.75, 3.05) is 27.2 Å². The lowest BCUT2D eigenvalue weighted by molar-refractivity contribution is -0.140. The molecule has 1 aromatic heterocycles. The molecule has 0 unspecified atom stereocenters. The van der Waals surface area contributed by atoms with Crippen LogP contribution in [0.1, 0.15) is 16.9 Å². The lowest BCUT2D eigenvalue weighted by Crippen LogP contribution is -2.44. The van der Waals surface area contributed by atoms with E-state index in [1.54, 1.807) is 11.3 Å². The lowest BCUT2D eigenvalue weighted by Gasteiger charge is -2.30. The first-order valence-electron chi connectivity index (χ1n) is 6.28. The molecule has 0 aromatic carbocycles. The molecular weight excluding hydrogens is 300 g/mol. The number of fused-ring (bicyclic) bond motifs is 1. The third-order valence-electron chi connectivity index (χ3n) is 3.35. The fraction of sp³-hybridized carbons (Fsp3) is 0.583. The van der Waals surface area contributed by atoms with Crippen molar-refractivity contribution in [3.63, 3.8) is 0 Å². The summed E-state index contributed by atoms with van der Waals surface area (Å²) in [6.45, 7) is 1.02. The first-order chi connectivity index (χ1) is 9.45. The lowest BCUT2D eigenvalue weighted by atomic mass is 10.1. The Morgan fingerprint density at radius 2 is 2.30 bits per heavy atom. The summed E-state index contributed by atoms with van der Waals surface area (Å²) in [5.41, 5.74) is 1.08. The molecule has 0 aliphatic carbocycles. The van der Waals surface area contributed by atoms with E-state index in [0.717, 1.165) is 12.0 Å². The van der Waals surface area contributed by atoms with Crippen molar-refractivity contribution in [2.45, 2.75) is 19.4 Å². The molecule has 2 heterocycles. The number of methoxy groups -OCH3 is 1. The third-order valence-corrected chi connectivity index (χ3v) is 6.31. The van der Waals surface area contributed by atoms with E-state index in [-0.39, 0.29) is 13.0 Å². The molecule has 0 radical (unpaired) electrons. The van der Waals surface area contributed by atoms with Gasteiger partial charge in [-0.25, -0.2) is 0 Å². The number of thiophene rings is 1. The molecule has 2 rings (SSSR count). The summed E-state index contributed by atoms with van der Waals surface area (Å²) in [6.07, 6.45) is 0.806. The van der Waals surface area contributed by atoms with E-state index in [9.17, 15) is 13.2 Å². The molecule has 0 spiro atoms. The average Bonchev–Trinajstić information content (AvgIpc) is 2.91. The zero-order valence-electron chi connectivity index (χ0n) is 11.5. The van der Waals surface area contributed by atoms with Gasteiger partial charge in [-0.2, -0.15) is 17.0 Å². The summed E-state index contributed by atoms with van der Waals surface area (Å²) in [5.74, 6) is -0.411. The minimum atomic E-state index is -3.52. The SMILES string of the molecule is COC(=O)CCN(C)S(=O)(=O)N1CCc2sccc2C1. The fourth-order valence-corrected chi connectivity index (χ4v) is 4.31. The minimum absolute atomic E-state index is 0.0593. The van der Waals surface area contributed by atoms with Crippen LogP contribution in [-0.2, 0) is 32.7 Å². The zero-order valence-corrected chi connectivity index (χ0v) is 13.2. The normalized spacial score (nSPS) is 16.1. The summed E-state index contributed by atoms with van der Waals surface area (Å²) in [6, 6.07) is 1.97. The predicted octanol–water partition coefficient (Wildman–Crippen LogP) is 0.846. The van der Waals surface area contributed by atoms with E-state index in [1.807, 2.05) is 11.4 Å². The maximum absolute atomic E-state index is 12.4. The van der Waals surface area contributed by atoms with Crippen molar-refractivity contribution >= 4 is 27.5 Å². The summed E-state index contributed by atoms with van der Waals surface area (Å²) in [5, 5.41) is 1.99. The zero-order chi connectivity index (χ0) is 14.8. The number of nitrogens with zero attached hydrogens (tertiary/aromatic N) is 2. The summed E-state index contributed by atoms with van der Waals surface area (Å²) >= 11 is 1.67. The molecule has 0 amide bonds. The van der Waals surface area contributed by atoms with Gasteiger partial charge in [0.2, 0.25) is 0 Å². The smallest absolute Gasteiger partial charge is 0.306 e. The first kappa shape index (κ1) is 15.4. The largest absolute Gasteiger partial charge is 0.469 e. The quantitative estimate of drug-likeness (QED) is 0.755. The molecule has 0 N–H and O–H groups in total. The number of rotatable bonds is 5. The fourth-order valence-electron chi connectivity index (χ4n) is 2.08. The number of hydrogen-bond acceptors (Lipinski definition) is 5. The van der Waals surface area contributed by atoms with Gasteiger partial charge in [0.15, 0.2) is 0 Å².